The van der Waals surface area contributed by atoms with Gasteiger partial charge in [0, 0.05) is 20.1 Å². The molecule has 0 aliphatic carbocycles. The first-order chi connectivity index (χ1) is 11.6. The lowest BCUT2D eigenvalue weighted by Gasteiger charge is -2.31. The summed E-state index contributed by atoms with van der Waals surface area (Å²) in [4.78, 5) is 11.2. The quantitative estimate of drug-likeness (QED) is 0.282. The van der Waals surface area contributed by atoms with Crippen LogP contribution in [0.3, 0.4) is 0 Å². The normalized spacial score (nSPS) is 16.6. The Hall–Kier alpha value is -0.830. The van der Waals surface area contributed by atoms with E-state index >= 15 is 0 Å². The maximum Gasteiger partial charge on any atom is 0.208 e. The number of aryl methyl sites for hydroxylation is 2. The molecule has 144 valence electrons. The van der Waals surface area contributed by atoms with E-state index in [4.69, 9.17) is 4.42 Å². The molecular weight excluding hydrogens is 429 g/mol. The number of hydrogen-bond acceptors (Lipinski definition) is 4. The van der Waals surface area contributed by atoms with Crippen molar-refractivity contribution < 1.29 is 4.42 Å². The van der Waals surface area contributed by atoms with E-state index in [2.05, 4.69) is 32.4 Å². The maximum atomic E-state index is 5.69. The van der Waals surface area contributed by atoms with E-state index in [0.29, 0.717) is 5.92 Å². The number of nitrogens with one attached hydrogen (secondary N) is 2. The number of guanidine groups is 1. The van der Waals surface area contributed by atoms with Crippen LogP contribution in [0.5, 0.6) is 0 Å². The van der Waals surface area contributed by atoms with Crippen molar-refractivity contribution in [3.8, 4) is 0 Å². The molecule has 0 saturated carbocycles. The van der Waals surface area contributed by atoms with Crippen LogP contribution in [-0.2, 0) is 6.54 Å². The van der Waals surface area contributed by atoms with Crippen molar-refractivity contribution in [3.63, 3.8) is 0 Å². The molecule has 1 aliphatic heterocycles. The van der Waals surface area contributed by atoms with Gasteiger partial charge in [0.15, 0.2) is 5.96 Å². The first-order valence-corrected chi connectivity index (χ1v) is 9.22. The lowest BCUT2D eigenvalue weighted by Crippen LogP contribution is -2.43. The zero-order chi connectivity index (χ0) is 17.4. The molecule has 1 aliphatic rings. The molecule has 0 unspecified atom stereocenters. The summed E-state index contributed by atoms with van der Waals surface area (Å²) in [7, 11) is 1.84. The minimum Gasteiger partial charge on any atom is -0.444 e. The molecule has 0 atom stereocenters. The van der Waals surface area contributed by atoms with Gasteiger partial charge in [-0.3, -0.25) is 9.89 Å². The number of nitrogens with zero attached hydrogens (tertiary/aromatic N) is 3. The summed E-state index contributed by atoms with van der Waals surface area (Å²) < 4.78 is 5.69. The van der Waals surface area contributed by atoms with Crippen molar-refractivity contribution >= 4 is 29.9 Å². The SMILES string of the molecule is CCCCNC(=NC)NCC1CCN(Cc2nc(C)c(C)o2)CC1.I. The molecule has 0 spiro atoms. The van der Waals surface area contributed by atoms with Crippen molar-refractivity contribution in [1.82, 2.24) is 20.5 Å². The predicted molar refractivity (Wildman–Crippen MR) is 114 cm³/mol. The Bertz CT molecular complexity index is 504. The van der Waals surface area contributed by atoms with Gasteiger partial charge in [-0.05, 0) is 52.1 Å². The van der Waals surface area contributed by atoms with Gasteiger partial charge in [0.25, 0.3) is 0 Å². The maximum absolute atomic E-state index is 5.69. The average Bonchev–Trinajstić information content (AvgIpc) is 2.90. The molecular formula is C18H34IN5O. The molecule has 1 saturated heterocycles. The summed E-state index contributed by atoms with van der Waals surface area (Å²) >= 11 is 0. The highest BCUT2D eigenvalue weighted by atomic mass is 127. The van der Waals surface area contributed by atoms with Crippen molar-refractivity contribution in [1.29, 1.82) is 0 Å². The molecule has 2 rings (SSSR count). The van der Waals surface area contributed by atoms with Crippen molar-refractivity contribution in [3.05, 3.63) is 17.3 Å². The first kappa shape index (κ1) is 22.2. The summed E-state index contributed by atoms with van der Waals surface area (Å²) in [6.45, 7) is 11.2. The second kappa shape index (κ2) is 11.7. The third-order valence-electron chi connectivity index (χ3n) is 4.74. The van der Waals surface area contributed by atoms with Gasteiger partial charge < -0.3 is 15.1 Å². The Kier molecular flexibility index (Phi) is 10.4. The van der Waals surface area contributed by atoms with Crippen LogP contribution in [0.2, 0.25) is 0 Å². The zero-order valence-electron chi connectivity index (χ0n) is 16.1. The molecule has 1 fully saturated rings. The Balaban J connectivity index is 0.00000312. The highest BCUT2D eigenvalue weighted by Gasteiger charge is 2.21. The summed E-state index contributed by atoms with van der Waals surface area (Å²) in [6, 6.07) is 0. The van der Waals surface area contributed by atoms with E-state index in [9.17, 15) is 0 Å². The van der Waals surface area contributed by atoms with Crippen LogP contribution >= 0.6 is 24.0 Å². The zero-order valence-corrected chi connectivity index (χ0v) is 18.4. The minimum atomic E-state index is 0. The Morgan fingerprint density at radius 1 is 1.28 bits per heavy atom. The van der Waals surface area contributed by atoms with Crippen molar-refractivity contribution in [2.75, 3.05) is 33.2 Å². The summed E-state index contributed by atoms with van der Waals surface area (Å²) in [5.41, 5.74) is 1.01. The molecule has 2 N–H and O–H groups in total. The van der Waals surface area contributed by atoms with Gasteiger partial charge in [-0.25, -0.2) is 4.98 Å². The fraction of sp³-hybridized carbons (Fsp3) is 0.778. The van der Waals surface area contributed by atoms with Gasteiger partial charge in [0.2, 0.25) is 5.89 Å². The molecule has 0 aromatic carbocycles. The van der Waals surface area contributed by atoms with E-state index in [1.807, 2.05) is 20.9 Å². The van der Waals surface area contributed by atoms with Gasteiger partial charge in [-0.15, -0.1) is 24.0 Å². The smallest absolute Gasteiger partial charge is 0.208 e. The highest BCUT2D eigenvalue weighted by Crippen LogP contribution is 2.19. The molecule has 25 heavy (non-hydrogen) atoms. The van der Waals surface area contributed by atoms with Gasteiger partial charge in [0.1, 0.15) is 5.76 Å². The lowest BCUT2D eigenvalue weighted by molar-refractivity contribution is 0.164. The molecule has 1 aromatic heterocycles. The number of hydrogen-bond donors (Lipinski definition) is 2. The number of unbranched alkanes of at least 4 members (excludes halogenated alkanes) is 1. The fourth-order valence-electron chi connectivity index (χ4n) is 2.99. The van der Waals surface area contributed by atoms with Gasteiger partial charge in [-0.2, -0.15) is 0 Å². The first-order valence-electron chi connectivity index (χ1n) is 9.22. The van der Waals surface area contributed by atoms with Crippen LogP contribution in [0.25, 0.3) is 0 Å². The summed E-state index contributed by atoms with van der Waals surface area (Å²) in [6.07, 6.45) is 4.79. The van der Waals surface area contributed by atoms with Crippen LogP contribution in [0, 0.1) is 19.8 Å². The third-order valence-corrected chi connectivity index (χ3v) is 4.74. The topological polar surface area (TPSA) is 65.7 Å². The number of aromatic nitrogens is 1. The number of likely N-dealkylation sites (tertiary alicyclic amines) is 1. The highest BCUT2D eigenvalue weighted by molar-refractivity contribution is 14.0. The van der Waals surface area contributed by atoms with Gasteiger partial charge >= 0.3 is 0 Å². The van der Waals surface area contributed by atoms with Crippen molar-refractivity contribution in [2.45, 2.75) is 53.0 Å². The molecule has 1 aromatic rings. The van der Waals surface area contributed by atoms with Gasteiger partial charge in [0.05, 0.1) is 12.2 Å². The summed E-state index contributed by atoms with van der Waals surface area (Å²) in [5, 5.41) is 6.83. The largest absolute Gasteiger partial charge is 0.444 e. The standard InChI is InChI=1S/C18H33N5O.HI/c1-5-6-9-20-18(19-4)21-12-16-7-10-23(11-8-16)13-17-22-14(2)15(3)24-17;/h16H,5-13H2,1-4H3,(H2,19,20,21);1H. The van der Waals surface area contributed by atoms with Crippen LogP contribution in [0.4, 0.5) is 0 Å². The second-order valence-electron chi connectivity index (χ2n) is 6.70. The molecule has 7 heteroatoms. The Labute approximate surface area is 169 Å². The third kappa shape index (κ3) is 7.52. The monoisotopic (exact) mass is 463 g/mol. The average molecular weight is 463 g/mol. The number of rotatable bonds is 7. The minimum absolute atomic E-state index is 0. The van der Waals surface area contributed by atoms with Crippen LogP contribution in [0.15, 0.2) is 9.41 Å². The predicted octanol–water partition coefficient (Wildman–Crippen LogP) is 3.09. The molecule has 0 amide bonds. The van der Waals surface area contributed by atoms with E-state index < -0.39 is 0 Å². The molecule has 6 nitrogen and oxygen atoms in total. The van der Waals surface area contributed by atoms with Crippen LogP contribution in [0.1, 0.15) is 50.0 Å². The van der Waals surface area contributed by atoms with Crippen LogP contribution < -0.4 is 10.6 Å². The number of aliphatic imine (C=N–C) groups is 1. The second-order valence-corrected chi connectivity index (χ2v) is 6.70. The van der Waals surface area contributed by atoms with E-state index in [0.717, 1.165) is 56.0 Å². The molecule has 2 heterocycles. The Morgan fingerprint density at radius 3 is 2.56 bits per heavy atom. The van der Waals surface area contributed by atoms with E-state index in [1.54, 1.807) is 0 Å². The lowest BCUT2D eigenvalue weighted by atomic mass is 9.97. The van der Waals surface area contributed by atoms with Crippen molar-refractivity contribution in [2.24, 2.45) is 10.9 Å². The van der Waals surface area contributed by atoms with Gasteiger partial charge in [-0.1, -0.05) is 13.3 Å². The van der Waals surface area contributed by atoms with Crippen LogP contribution in [-0.4, -0.2) is 49.1 Å². The summed E-state index contributed by atoms with van der Waals surface area (Å²) in [5.74, 6) is 3.42. The molecule has 0 bridgehead atoms. The van der Waals surface area contributed by atoms with E-state index in [-0.39, 0.29) is 24.0 Å². The number of halogens is 1. The number of piperidine rings is 1. The Morgan fingerprint density at radius 2 is 2.00 bits per heavy atom. The number of oxazole rings is 1. The molecule has 0 radical (unpaired) electrons. The van der Waals surface area contributed by atoms with E-state index in [1.165, 1.54) is 25.7 Å². The fourth-order valence-corrected chi connectivity index (χ4v) is 2.99.